The zero-order chi connectivity index (χ0) is 15.7. The van der Waals surface area contributed by atoms with E-state index >= 15 is 0 Å². The molecule has 0 aromatic heterocycles. The maximum absolute atomic E-state index is 11.9. The van der Waals surface area contributed by atoms with E-state index in [1.165, 1.54) is 0 Å². The van der Waals surface area contributed by atoms with Gasteiger partial charge < -0.3 is 20.7 Å². The zero-order valence-electron chi connectivity index (χ0n) is 13.0. The lowest BCUT2D eigenvalue weighted by Gasteiger charge is -2.13. The van der Waals surface area contributed by atoms with Crippen LogP contribution in [0.25, 0.3) is 0 Å². The fraction of sp³-hybridized carbons (Fsp3) is 0.533. The molecule has 0 saturated heterocycles. The predicted octanol–water partition coefficient (Wildman–Crippen LogP) is 1.65. The van der Waals surface area contributed by atoms with Crippen LogP contribution in [0.3, 0.4) is 0 Å². The number of benzene rings is 1. The Kier molecular flexibility index (Phi) is 8.19. The van der Waals surface area contributed by atoms with Crippen molar-refractivity contribution in [2.45, 2.75) is 12.5 Å². The molecule has 0 heterocycles. The van der Waals surface area contributed by atoms with Crippen LogP contribution in [0, 0.1) is 0 Å². The summed E-state index contributed by atoms with van der Waals surface area (Å²) in [6, 6.07) is 6.87. The maximum atomic E-state index is 11.9. The van der Waals surface area contributed by atoms with Gasteiger partial charge in [-0.2, -0.15) is 11.8 Å². The van der Waals surface area contributed by atoms with E-state index in [1.807, 2.05) is 44.6 Å². The lowest BCUT2D eigenvalue weighted by molar-refractivity contribution is -0.117. The second kappa shape index (κ2) is 9.65. The molecule has 0 aliphatic rings. The number of carbonyl (C=O) groups excluding carboxylic acids is 1. The molecule has 1 aromatic rings. The minimum Gasteiger partial charge on any atom is -0.492 e. The molecule has 1 atom stereocenters. The smallest absolute Gasteiger partial charge is 0.241 e. The average Bonchev–Trinajstić information content (AvgIpc) is 2.46. The molecular formula is C15H25N3O2S. The first-order valence-corrected chi connectivity index (χ1v) is 8.35. The van der Waals surface area contributed by atoms with Crippen LogP contribution in [-0.4, -0.2) is 56.1 Å². The molecule has 0 radical (unpaired) electrons. The van der Waals surface area contributed by atoms with Crippen LogP contribution in [0.1, 0.15) is 6.42 Å². The second-order valence-corrected chi connectivity index (χ2v) is 6.04. The molecule has 1 aromatic carbocycles. The fourth-order valence-corrected chi connectivity index (χ4v) is 2.08. The number of rotatable bonds is 9. The number of amides is 1. The number of likely N-dealkylation sites (N-methyl/N-ethyl adjacent to an activating group) is 1. The molecule has 0 spiro atoms. The van der Waals surface area contributed by atoms with Gasteiger partial charge in [0.05, 0.1) is 6.04 Å². The second-order valence-electron chi connectivity index (χ2n) is 5.05. The van der Waals surface area contributed by atoms with Crippen molar-refractivity contribution in [1.29, 1.82) is 0 Å². The Morgan fingerprint density at radius 3 is 2.62 bits per heavy atom. The molecular weight excluding hydrogens is 286 g/mol. The van der Waals surface area contributed by atoms with Crippen molar-refractivity contribution in [2.75, 3.05) is 44.6 Å². The van der Waals surface area contributed by atoms with Crippen molar-refractivity contribution in [2.24, 2.45) is 5.73 Å². The van der Waals surface area contributed by atoms with Crippen LogP contribution < -0.4 is 15.8 Å². The summed E-state index contributed by atoms with van der Waals surface area (Å²) in [5.41, 5.74) is 6.56. The summed E-state index contributed by atoms with van der Waals surface area (Å²) in [7, 11) is 4.00. The summed E-state index contributed by atoms with van der Waals surface area (Å²) < 4.78 is 5.60. The summed E-state index contributed by atoms with van der Waals surface area (Å²) in [5.74, 6) is 1.53. The largest absolute Gasteiger partial charge is 0.492 e. The van der Waals surface area contributed by atoms with Gasteiger partial charge in [0.15, 0.2) is 0 Å². The van der Waals surface area contributed by atoms with Crippen LogP contribution in [0.4, 0.5) is 5.69 Å². The van der Waals surface area contributed by atoms with E-state index in [2.05, 4.69) is 10.2 Å². The molecule has 0 aliphatic carbocycles. The highest BCUT2D eigenvalue weighted by Crippen LogP contribution is 2.16. The van der Waals surface area contributed by atoms with E-state index in [1.54, 1.807) is 11.8 Å². The summed E-state index contributed by atoms with van der Waals surface area (Å²) in [5, 5.41) is 2.82. The summed E-state index contributed by atoms with van der Waals surface area (Å²) in [6.07, 6.45) is 2.68. The third kappa shape index (κ3) is 7.36. The number of carbonyl (C=O) groups is 1. The Labute approximate surface area is 131 Å². The zero-order valence-corrected chi connectivity index (χ0v) is 13.8. The van der Waals surface area contributed by atoms with Crippen LogP contribution in [0.15, 0.2) is 24.3 Å². The molecule has 0 aliphatic heterocycles. The Morgan fingerprint density at radius 2 is 2.05 bits per heavy atom. The molecule has 0 bridgehead atoms. The SMILES string of the molecule is CSCC[C@@H](N)C(=O)Nc1ccc(OCCN(C)C)cc1. The van der Waals surface area contributed by atoms with Gasteiger partial charge in [0, 0.05) is 12.2 Å². The first kappa shape index (κ1) is 17.8. The van der Waals surface area contributed by atoms with Gasteiger partial charge in [0.1, 0.15) is 12.4 Å². The molecule has 118 valence electrons. The van der Waals surface area contributed by atoms with Crippen LogP contribution in [-0.2, 0) is 4.79 Å². The van der Waals surface area contributed by atoms with Gasteiger partial charge in [0.2, 0.25) is 5.91 Å². The van der Waals surface area contributed by atoms with Gasteiger partial charge in [-0.15, -0.1) is 0 Å². The number of ether oxygens (including phenoxy) is 1. The molecule has 1 rings (SSSR count). The van der Waals surface area contributed by atoms with Crippen molar-refractivity contribution in [3.05, 3.63) is 24.3 Å². The molecule has 0 saturated carbocycles. The third-order valence-electron chi connectivity index (χ3n) is 2.90. The van der Waals surface area contributed by atoms with Crippen LogP contribution in [0.2, 0.25) is 0 Å². The first-order chi connectivity index (χ1) is 10.0. The van der Waals surface area contributed by atoms with Gasteiger partial charge >= 0.3 is 0 Å². The van der Waals surface area contributed by atoms with E-state index in [0.717, 1.165) is 23.7 Å². The van der Waals surface area contributed by atoms with Gasteiger partial charge in [-0.25, -0.2) is 0 Å². The standard InChI is InChI=1S/C15H25N3O2S/c1-18(2)9-10-20-13-6-4-12(5-7-13)17-15(19)14(16)8-11-21-3/h4-7,14H,8-11,16H2,1-3H3,(H,17,19)/t14-/m1/s1. The van der Waals surface area contributed by atoms with Gasteiger partial charge in [-0.1, -0.05) is 0 Å². The van der Waals surface area contributed by atoms with Crippen molar-refractivity contribution in [3.8, 4) is 5.75 Å². The van der Waals surface area contributed by atoms with Crippen molar-refractivity contribution >= 4 is 23.4 Å². The number of nitrogens with zero attached hydrogens (tertiary/aromatic N) is 1. The number of anilines is 1. The highest BCUT2D eigenvalue weighted by atomic mass is 32.2. The van der Waals surface area contributed by atoms with Gasteiger partial charge in [-0.05, 0) is 56.8 Å². The highest BCUT2D eigenvalue weighted by Gasteiger charge is 2.12. The molecule has 1 amide bonds. The lowest BCUT2D eigenvalue weighted by atomic mass is 10.2. The Morgan fingerprint density at radius 1 is 1.38 bits per heavy atom. The van der Waals surface area contributed by atoms with Gasteiger partial charge in [0.25, 0.3) is 0 Å². The van der Waals surface area contributed by atoms with E-state index in [0.29, 0.717) is 13.0 Å². The molecule has 6 heteroatoms. The highest BCUT2D eigenvalue weighted by molar-refractivity contribution is 7.98. The summed E-state index contributed by atoms with van der Waals surface area (Å²) in [4.78, 5) is 13.9. The monoisotopic (exact) mass is 311 g/mol. The Hall–Kier alpha value is -1.24. The van der Waals surface area contributed by atoms with Crippen LogP contribution >= 0.6 is 11.8 Å². The topological polar surface area (TPSA) is 67.6 Å². The minimum atomic E-state index is -0.464. The number of hydrogen-bond acceptors (Lipinski definition) is 5. The van der Waals surface area contributed by atoms with E-state index in [9.17, 15) is 4.79 Å². The molecule has 3 N–H and O–H groups in total. The average molecular weight is 311 g/mol. The third-order valence-corrected chi connectivity index (χ3v) is 3.54. The van der Waals surface area contributed by atoms with E-state index in [-0.39, 0.29) is 5.91 Å². The minimum absolute atomic E-state index is 0.148. The number of nitrogens with one attached hydrogen (secondary N) is 1. The molecule has 21 heavy (non-hydrogen) atoms. The van der Waals surface area contributed by atoms with E-state index < -0.39 is 6.04 Å². The number of hydrogen-bond donors (Lipinski definition) is 2. The van der Waals surface area contributed by atoms with Crippen molar-refractivity contribution in [3.63, 3.8) is 0 Å². The van der Waals surface area contributed by atoms with Crippen molar-refractivity contribution < 1.29 is 9.53 Å². The molecule has 5 nitrogen and oxygen atoms in total. The van der Waals surface area contributed by atoms with Crippen LogP contribution in [0.5, 0.6) is 5.75 Å². The lowest BCUT2D eigenvalue weighted by Crippen LogP contribution is -2.36. The number of nitrogens with two attached hydrogens (primary N) is 1. The van der Waals surface area contributed by atoms with Crippen molar-refractivity contribution in [1.82, 2.24) is 4.90 Å². The van der Waals surface area contributed by atoms with Gasteiger partial charge in [-0.3, -0.25) is 4.79 Å². The summed E-state index contributed by atoms with van der Waals surface area (Å²) in [6.45, 7) is 1.50. The normalized spacial score (nSPS) is 12.2. The molecule has 0 fully saturated rings. The Bertz CT molecular complexity index is 423. The first-order valence-electron chi connectivity index (χ1n) is 6.96. The quantitative estimate of drug-likeness (QED) is 0.726. The Balaban J connectivity index is 2.41. The van der Waals surface area contributed by atoms with E-state index in [4.69, 9.17) is 10.5 Å². The summed E-state index contributed by atoms with van der Waals surface area (Å²) >= 11 is 1.69. The number of thioether (sulfide) groups is 1. The molecule has 0 unspecified atom stereocenters. The predicted molar refractivity (Wildman–Crippen MR) is 90.1 cm³/mol. The fourth-order valence-electron chi connectivity index (χ4n) is 1.59. The maximum Gasteiger partial charge on any atom is 0.241 e.